The third-order valence-electron chi connectivity index (χ3n) is 5.89. The first-order valence-corrected chi connectivity index (χ1v) is 10.6. The molecule has 0 aliphatic carbocycles. The molecule has 0 saturated carbocycles. The molecule has 0 unspecified atom stereocenters. The van der Waals surface area contributed by atoms with Gasteiger partial charge in [-0.05, 0) is 39.0 Å². The second-order valence-electron chi connectivity index (χ2n) is 8.10. The van der Waals surface area contributed by atoms with Crippen molar-refractivity contribution in [2.45, 2.75) is 32.7 Å². The molecule has 0 fully saturated rings. The van der Waals surface area contributed by atoms with E-state index in [2.05, 4.69) is 4.57 Å². The van der Waals surface area contributed by atoms with Gasteiger partial charge < -0.3 is 18.8 Å². The summed E-state index contributed by atoms with van der Waals surface area (Å²) in [6.07, 6.45) is 0. The van der Waals surface area contributed by atoms with Gasteiger partial charge in [0.05, 0.1) is 12.6 Å². The first-order chi connectivity index (χ1) is 15.4. The Kier molecular flexibility index (Phi) is 6.15. The number of ketones is 1. The number of fused-ring (bicyclic) bond motifs is 2. The van der Waals surface area contributed by atoms with Crippen molar-refractivity contribution in [1.29, 1.82) is 0 Å². The predicted molar refractivity (Wildman–Crippen MR) is 121 cm³/mol. The molecule has 32 heavy (non-hydrogen) atoms. The summed E-state index contributed by atoms with van der Waals surface area (Å²) >= 11 is 0. The fourth-order valence-corrected chi connectivity index (χ4v) is 4.51. The molecule has 1 aliphatic rings. The topological polar surface area (TPSA) is 66.8 Å². The van der Waals surface area contributed by atoms with E-state index in [9.17, 15) is 9.59 Å². The smallest absolute Gasteiger partial charge is 0.318 e. The normalized spacial score (nSPS) is 13.6. The Labute approximate surface area is 187 Å². The minimum Gasteiger partial charge on any atom is -0.457 e. The predicted octanol–water partition coefficient (Wildman–Crippen LogP) is 4.98. The maximum atomic E-state index is 13.2. The van der Waals surface area contributed by atoms with Crippen LogP contribution in [0.5, 0.6) is 11.5 Å². The molecule has 6 nitrogen and oxygen atoms in total. The van der Waals surface area contributed by atoms with E-state index < -0.39 is 11.9 Å². The molecule has 2 aromatic carbocycles. The second kappa shape index (κ2) is 9.01. The van der Waals surface area contributed by atoms with E-state index in [-0.39, 0.29) is 18.4 Å². The number of esters is 1. The van der Waals surface area contributed by atoms with E-state index in [1.54, 1.807) is 7.11 Å². The average Bonchev–Trinajstić information content (AvgIpc) is 3.09. The Morgan fingerprint density at radius 2 is 1.62 bits per heavy atom. The average molecular weight is 434 g/mol. The Bertz CT molecular complexity index is 1120. The highest BCUT2D eigenvalue weighted by molar-refractivity contribution is 5.99. The van der Waals surface area contributed by atoms with Crippen molar-refractivity contribution in [3.8, 4) is 11.5 Å². The quantitative estimate of drug-likeness (QED) is 0.389. The summed E-state index contributed by atoms with van der Waals surface area (Å²) in [7, 11) is 1.66. The minimum absolute atomic E-state index is 0.0966. The van der Waals surface area contributed by atoms with Crippen LogP contribution in [-0.4, -0.2) is 36.6 Å². The molecule has 0 spiro atoms. The highest BCUT2D eigenvalue weighted by Gasteiger charge is 2.34. The summed E-state index contributed by atoms with van der Waals surface area (Å²) in [4.78, 5) is 26.1. The molecule has 166 valence electrons. The number of para-hydroxylation sites is 2. The molecule has 0 saturated heterocycles. The van der Waals surface area contributed by atoms with Crippen LogP contribution < -0.4 is 4.74 Å². The van der Waals surface area contributed by atoms with Crippen molar-refractivity contribution in [1.82, 2.24) is 4.57 Å². The van der Waals surface area contributed by atoms with Crippen molar-refractivity contribution < 1.29 is 23.8 Å². The third-order valence-corrected chi connectivity index (χ3v) is 5.89. The van der Waals surface area contributed by atoms with Gasteiger partial charge in [-0.3, -0.25) is 9.59 Å². The van der Waals surface area contributed by atoms with Crippen molar-refractivity contribution >= 4 is 11.8 Å². The molecule has 0 amide bonds. The molecule has 0 bridgehead atoms. The molecule has 1 aliphatic heterocycles. The van der Waals surface area contributed by atoms with Crippen molar-refractivity contribution in [2.75, 3.05) is 20.3 Å². The van der Waals surface area contributed by atoms with E-state index in [1.165, 1.54) is 0 Å². The van der Waals surface area contributed by atoms with Crippen LogP contribution in [0.2, 0.25) is 0 Å². The van der Waals surface area contributed by atoms with Crippen molar-refractivity contribution in [3.05, 3.63) is 82.7 Å². The zero-order valence-electron chi connectivity index (χ0n) is 18.8. The Hall–Kier alpha value is -3.38. The number of carbonyl (C=O) groups is 2. The number of benzene rings is 2. The van der Waals surface area contributed by atoms with Gasteiger partial charge in [-0.1, -0.05) is 36.4 Å². The Morgan fingerprint density at radius 3 is 2.22 bits per heavy atom. The Morgan fingerprint density at radius 1 is 1.03 bits per heavy atom. The van der Waals surface area contributed by atoms with E-state index in [4.69, 9.17) is 14.2 Å². The van der Waals surface area contributed by atoms with Gasteiger partial charge >= 0.3 is 5.97 Å². The number of ether oxygens (including phenoxy) is 3. The lowest BCUT2D eigenvalue weighted by Gasteiger charge is -2.26. The number of aromatic nitrogens is 1. The van der Waals surface area contributed by atoms with Gasteiger partial charge in [0, 0.05) is 35.2 Å². The highest BCUT2D eigenvalue weighted by atomic mass is 16.5. The standard InChI is InChI=1S/C26H27NO5/c1-16-13-21(18(3)27(16)17(2)14-30-4)22(28)15-31-26(29)25-19-9-5-7-11-23(19)32-24-12-8-6-10-20(24)25/h5-13,17,25H,14-15H2,1-4H3/t17-/m1/s1. The van der Waals surface area contributed by atoms with Crippen molar-refractivity contribution in [2.24, 2.45) is 0 Å². The summed E-state index contributed by atoms with van der Waals surface area (Å²) in [5.41, 5.74) is 3.83. The molecule has 4 rings (SSSR count). The zero-order chi connectivity index (χ0) is 22.8. The van der Waals surface area contributed by atoms with E-state index in [0.29, 0.717) is 23.7 Å². The van der Waals surface area contributed by atoms with Gasteiger partial charge in [0.1, 0.15) is 17.4 Å². The first-order valence-electron chi connectivity index (χ1n) is 10.6. The maximum absolute atomic E-state index is 13.2. The highest BCUT2D eigenvalue weighted by Crippen LogP contribution is 2.44. The number of hydrogen-bond donors (Lipinski definition) is 0. The van der Waals surface area contributed by atoms with E-state index >= 15 is 0 Å². The molecular weight excluding hydrogens is 406 g/mol. The number of hydrogen-bond acceptors (Lipinski definition) is 5. The number of nitrogens with zero attached hydrogens (tertiary/aromatic N) is 1. The molecule has 0 N–H and O–H groups in total. The summed E-state index contributed by atoms with van der Waals surface area (Å²) in [5.74, 6) is -0.0949. The van der Waals surface area contributed by atoms with E-state index in [0.717, 1.165) is 22.5 Å². The molecule has 6 heteroatoms. The molecule has 1 atom stereocenters. The SMILES string of the molecule is COC[C@@H](C)n1c(C)cc(C(=O)COC(=O)C2c3ccccc3Oc3ccccc32)c1C. The van der Waals surface area contributed by atoms with Gasteiger partial charge in [-0.2, -0.15) is 0 Å². The van der Waals surface area contributed by atoms with Crippen LogP contribution in [0.25, 0.3) is 0 Å². The molecule has 3 aromatic rings. The van der Waals surface area contributed by atoms with Gasteiger partial charge in [-0.25, -0.2) is 0 Å². The monoisotopic (exact) mass is 433 g/mol. The third kappa shape index (κ3) is 3.94. The Balaban J connectivity index is 1.54. The summed E-state index contributed by atoms with van der Waals surface area (Å²) in [5, 5.41) is 0. The van der Waals surface area contributed by atoms with Crippen LogP contribution in [-0.2, 0) is 14.3 Å². The van der Waals surface area contributed by atoms with Crippen LogP contribution in [0, 0.1) is 13.8 Å². The number of carbonyl (C=O) groups excluding carboxylic acids is 2. The van der Waals surface area contributed by atoms with Crippen LogP contribution in [0.3, 0.4) is 0 Å². The molecule has 2 heterocycles. The van der Waals surface area contributed by atoms with Gasteiger partial charge in [-0.15, -0.1) is 0 Å². The largest absolute Gasteiger partial charge is 0.457 e. The maximum Gasteiger partial charge on any atom is 0.318 e. The van der Waals surface area contributed by atoms with Gasteiger partial charge in [0.15, 0.2) is 6.61 Å². The van der Waals surface area contributed by atoms with Gasteiger partial charge in [0.2, 0.25) is 5.78 Å². The first kappa shape index (κ1) is 21.8. The summed E-state index contributed by atoms with van der Waals surface area (Å²) in [6.45, 7) is 6.12. The fourth-order valence-electron chi connectivity index (χ4n) is 4.51. The molecule has 0 radical (unpaired) electrons. The fraction of sp³-hybridized carbons (Fsp3) is 0.308. The lowest BCUT2D eigenvalue weighted by Crippen LogP contribution is -2.24. The number of methoxy groups -OCH3 is 1. The minimum atomic E-state index is -0.641. The lowest BCUT2D eigenvalue weighted by atomic mass is 9.88. The van der Waals surface area contributed by atoms with Crippen LogP contribution in [0.15, 0.2) is 54.6 Å². The number of rotatable bonds is 7. The molecule has 1 aromatic heterocycles. The summed E-state index contributed by atoms with van der Waals surface area (Å²) < 4.78 is 18.8. The second-order valence-corrected chi connectivity index (χ2v) is 8.10. The van der Waals surface area contributed by atoms with E-state index in [1.807, 2.05) is 75.4 Å². The van der Waals surface area contributed by atoms with Crippen molar-refractivity contribution in [3.63, 3.8) is 0 Å². The zero-order valence-corrected chi connectivity index (χ0v) is 18.8. The van der Waals surface area contributed by atoms with Crippen LogP contribution >= 0.6 is 0 Å². The summed E-state index contributed by atoms with van der Waals surface area (Å²) in [6, 6.07) is 16.7. The number of Topliss-reactive ketones (excluding diaryl/α,β-unsaturated/α-hetero) is 1. The van der Waals surface area contributed by atoms with Gasteiger partial charge in [0.25, 0.3) is 0 Å². The van der Waals surface area contributed by atoms with Crippen LogP contribution in [0.4, 0.5) is 0 Å². The molecular formula is C26H27NO5. The lowest BCUT2D eigenvalue weighted by molar-refractivity contribution is -0.143. The van der Waals surface area contributed by atoms with Crippen LogP contribution in [0.1, 0.15) is 51.8 Å². The number of aryl methyl sites for hydroxylation is 1.